The number of hydrogen-bond donors (Lipinski definition) is 1. The summed E-state index contributed by atoms with van der Waals surface area (Å²) in [5.74, 6) is 0. The van der Waals surface area contributed by atoms with E-state index in [1.807, 2.05) is 25.1 Å². The van der Waals surface area contributed by atoms with Crippen LogP contribution in [-0.4, -0.2) is 9.97 Å². The van der Waals surface area contributed by atoms with Crippen LogP contribution < -0.4 is 5.73 Å². The van der Waals surface area contributed by atoms with Gasteiger partial charge in [-0.25, -0.2) is 4.98 Å². The second kappa shape index (κ2) is 3.86. The summed E-state index contributed by atoms with van der Waals surface area (Å²) in [5.41, 5.74) is 7.45. The Hall–Kier alpha value is -1.26. The number of aryl methyl sites for hydroxylation is 1. The zero-order valence-corrected chi connectivity index (χ0v) is 8.71. The van der Waals surface area contributed by atoms with E-state index in [2.05, 4.69) is 9.97 Å². The first-order valence-corrected chi connectivity index (χ1v) is 5.20. The normalized spacial score (nSPS) is 10.4. The molecule has 0 aliphatic heterocycles. The van der Waals surface area contributed by atoms with Gasteiger partial charge in [-0.15, -0.1) is 11.3 Å². The Morgan fingerprint density at radius 1 is 1.43 bits per heavy atom. The van der Waals surface area contributed by atoms with Crippen LogP contribution in [0.4, 0.5) is 0 Å². The molecule has 14 heavy (non-hydrogen) atoms. The first kappa shape index (κ1) is 9.30. The van der Waals surface area contributed by atoms with E-state index >= 15 is 0 Å². The van der Waals surface area contributed by atoms with Gasteiger partial charge in [0, 0.05) is 17.6 Å². The summed E-state index contributed by atoms with van der Waals surface area (Å²) >= 11 is 1.64. The molecule has 0 saturated heterocycles. The molecular formula is C10H11N3S. The van der Waals surface area contributed by atoms with Gasteiger partial charge in [-0.2, -0.15) is 0 Å². The number of pyridine rings is 1. The Bertz CT molecular complexity index is 422. The molecule has 0 aromatic carbocycles. The van der Waals surface area contributed by atoms with Gasteiger partial charge in [0.25, 0.3) is 0 Å². The van der Waals surface area contributed by atoms with Gasteiger partial charge < -0.3 is 5.73 Å². The molecule has 2 heterocycles. The lowest BCUT2D eigenvalue weighted by Gasteiger charge is -1.92. The minimum Gasteiger partial charge on any atom is -0.325 e. The van der Waals surface area contributed by atoms with Crippen LogP contribution in [-0.2, 0) is 6.54 Å². The van der Waals surface area contributed by atoms with E-state index in [1.165, 1.54) is 4.88 Å². The maximum absolute atomic E-state index is 5.57. The topological polar surface area (TPSA) is 51.8 Å². The molecule has 0 bridgehead atoms. The van der Waals surface area contributed by atoms with Crippen LogP contribution in [0.15, 0.2) is 24.4 Å². The van der Waals surface area contributed by atoms with Crippen molar-refractivity contribution in [3.8, 4) is 10.7 Å². The summed E-state index contributed by atoms with van der Waals surface area (Å²) in [5, 5.41) is 0.948. The van der Waals surface area contributed by atoms with E-state index in [0.717, 1.165) is 16.4 Å². The van der Waals surface area contributed by atoms with Crippen LogP contribution in [0, 0.1) is 6.92 Å². The molecule has 0 atom stereocenters. The fraction of sp³-hybridized carbons (Fsp3) is 0.200. The third kappa shape index (κ3) is 1.66. The molecule has 4 heteroatoms. The first-order chi connectivity index (χ1) is 6.81. The number of nitrogens with two attached hydrogens (primary N) is 1. The number of nitrogens with zero attached hydrogens (tertiary/aromatic N) is 2. The molecular weight excluding hydrogens is 194 g/mol. The minimum absolute atomic E-state index is 0.495. The van der Waals surface area contributed by atoms with Crippen molar-refractivity contribution in [1.29, 1.82) is 0 Å². The minimum atomic E-state index is 0.495. The third-order valence-electron chi connectivity index (χ3n) is 1.97. The lowest BCUT2D eigenvalue weighted by atomic mass is 10.3. The predicted octanol–water partition coefficient (Wildman–Crippen LogP) is 1.97. The number of aromatic nitrogens is 2. The van der Waals surface area contributed by atoms with Gasteiger partial charge in [-0.05, 0) is 19.1 Å². The van der Waals surface area contributed by atoms with Crippen molar-refractivity contribution in [1.82, 2.24) is 9.97 Å². The van der Waals surface area contributed by atoms with Crippen molar-refractivity contribution in [3.05, 3.63) is 35.0 Å². The van der Waals surface area contributed by atoms with Crippen molar-refractivity contribution in [3.63, 3.8) is 0 Å². The molecule has 0 saturated carbocycles. The summed E-state index contributed by atoms with van der Waals surface area (Å²) in [4.78, 5) is 9.85. The summed E-state index contributed by atoms with van der Waals surface area (Å²) in [6.45, 7) is 2.53. The van der Waals surface area contributed by atoms with E-state index in [-0.39, 0.29) is 0 Å². The molecule has 0 amide bonds. The molecule has 0 spiro atoms. The van der Waals surface area contributed by atoms with Gasteiger partial charge in [-0.1, -0.05) is 6.07 Å². The van der Waals surface area contributed by atoms with Gasteiger partial charge in [-0.3, -0.25) is 4.98 Å². The van der Waals surface area contributed by atoms with Crippen LogP contribution in [0.2, 0.25) is 0 Å². The zero-order chi connectivity index (χ0) is 9.97. The molecule has 0 radical (unpaired) electrons. The smallest absolute Gasteiger partial charge is 0.142 e. The van der Waals surface area contributed by atoms with E-state index in [0.29, 0.717) is 6.54 Å². The standard InChI is InChI=1S/C10H11N3S/c1-7-9(6-11)13-10(14-7)8-4-2-3-5-12-8/h2-5H,6,11H2,1H3. The van der Waals surface area contributed by atoms with Crippen LogP contribution >= 0.6 is 11.3 Å². The molecule has 0 unspecified atom stereocenters. The Morgan fingerprint density at radius 2 is 2.29 bits per heavy atom. The molecule has 2 aromatic heterocycles. The Kier molecular flexibility index (Phi) is 2.56. The molecule has 0 aliphatic carbocycles. The highest BCUT2D eigenvalue weighted by Crippen LogP contribution is 2.25. The van der Waals surface area contributed by atoms with E-state index in [4.69, 9.17) is 5.73 Å². The average Bonchev–Trinajstić information content (AvgIpc) is 2.61. The molecule has 0 aliphatic rings. The van der Waals surface area contributed by atoms with Crippen LogP contribution in [0.1, 0.15) is 10.6 Å². The van der Waals surface area contributed by atoms with Crippen molar-refractivity contribution in [2.75, 3.05) is 0 Å². The second-order valence-corrected chi connectivity index (χ2v) is 4.14. The van der Waals surface area contributed by atoms with Crippen molar-refractivity contribution >= 4 is 11.3 Å². The Labute approximate surface area is 86.6 Å². The monoisotopic (exact) mass is 205 g/mol. The molecule has 2 rings (SSSR count). The van der Waals surface area contributed by atoms with E-state index in [9.17, 15) is 0 Å². The van der Waals surface area contributed by atoms with Crippen molar-refractivity contribution < 1.29 is 0 Å². The zero-order valence-electron chi connectivity index (χ0n) is 7.90. The summed E-state index contributed by atoms with van der Waals surface area (Å²) < 4.78 is 0. The lowest BCUT2D eigenvalue weighted by Crippen LogP contribution is -1.97. The fourth-order valence-corrected chi connectivity index (χ4v) is 2.13. The van der Waals surface area contributed by atoms with Gasteiger partial charge in [0.2, 0.25) is 0 Å². The Balaban J connectivity index is 2.43. The number of hydrogen-bond acceptors (Lipinski definition) is 4. The summed E-state index contributed by atoms with van der Waals surface area (Å²) in [7, 11) is 0. The summed E-state index contributed by atoms with van der Waals surface area (Å²) in [6.07, 6.45) is 1.77. The lowest BCUT2D eigenvalue weighted by molar-refractivity contribution is 0.997. The van der Waals surface area contributed by atoms with Crippen molar-refractivity contribution in [2.45, 2.75) is 13.5 Å². The predicted molar refractivity (Wildman–Crippen MR) is 58.0 cm³/mol. The third-order valence-corrected chi connectivity index (χ3v) is 3.01. The van der Waals surface area contributed by atoms with Crippen LogP contribution in [0.5, 0.6) is 0 Å². The molecule has 0 fully saturated rings. The number of rotatable bonds is 2. The fourth-order valence-electron chi connectivity index (χ4n) is 1.22. The molecule has 3 nitrogen and oxygen atoms in total. The summed E-state index contributed by atoms with van der Waals surface area (Å²) in [6, 6.07) is 5.81. The van der Waals surface area contributed by atoms with Crippen LogP contribution in [0.25, 0.3) is 10.7 Å². The van der Waals surface area contributed by atoms with Crippen molar-refractivity contribution in [2.24, 2.45) is 5.73 Å². The maximum atomic E-state index is 5.57. The molecule has 2 aromatic rings. The van der Waals surface area contributed by atoms with Gasteiger partial charge in [0.05, 0.1) is 11.4 Å². The highest BCUT2D eigenvalue weighted by molar-refractivity contribution is 7.15. The van der Waals surface area contributed by atoms with Gasteiger partial charge in [0.1, 0.15) is 5.01 Å². The largest absolute Gasteiger partial charge is 0.325 e. The SMILES string of the molecule is Cc1sc(-c2ccccn2)nc1CN. The van der Waals surface area contributed by atoms with Gasteiger partial charge >= 0.3 is 0 Å². The Morgan fingerprint density at radius 3 is 2.86 bits per heavy atom. The average molecular weight is 205 g/mol. The van der Waals surface area contributed by atoms with Gasteiger partial charge in [0.15, 0.2) is 0 Å². The highest BCUT2D eigenvalue weighted by Gasteiger charge is 2.07. The van der Waals surface area contributed by atoms with E-state index in [1.54, 1.807) is 17.5 Å². The maximum Gasteiger partial charge on any atom is 0.142 e. The molecule has 2 N–H and O–H groups in total. The van der Waals surface area contributed by atoms with E-state index < -0.39 is 0 Å². The highest BCUT2D eigenvalue weighted by atomic mass is 32.1. The number of thiazole rings is 1. The molecule has 72 valence electrons. The van der Waals surface area contributed by atoms with Crippen LogP contribution in [0.3, 0.4) is 0 Å². The quantitative estimate of drug-likeness (QED) is 0.815. The second-order valence-electron chi connectivity index (χ2n) is 2.94. The first-order valence-electron chi connectivity index (χ1n) is 4.39.